The first-order chi connectivity index (χ1) is 9.42. The van der Waals surface area contributed by atoms with Gasteiger partial charge in [0.15, 0.2) is 5.96 Å². The van der Waals surface area contributed by atoms with Gasteiger partial charge in [-0.25, -0.2) is 18.1 Å². The quantitative estimate of drug-likeness (QED) is 0.201. The van der Waals surface area contributed by atoms with Gasteiger partial charge in [0, 0.05) is 13.1 Å². The van der Waals surface area contributed by atoms with E-state index in [0.717, 1.165) is 5.57 Å². The summed E-state index contributed by atoms with van der Waals surface area (Å²) < 4.78 is 26.2. The summed E-state index contributed by atoms with van der Waals surface area (Å²) >= 11 is 0. The second-order valence-electron chi connectivity index (χ2n) is 4.30. The second kappa shape index (κ2) is 9.74. The number of sulfonamides is 1. The van der Waals surface area contributed by atoms with Crippen LogP contribution in [0, 0.1) is 0 Å². The van der Waals surface area contributed by atoms with Gasteiger partial charge in [0.05, 0.1) is 11.4 Å². The zero-order chi connectivity index (χ0) is 15.0. The standard InChI is InChI=1S/C13H20N4O2S.HI/c1-11(2)10-16-13(14)15-8-9-17-20(18,19)12-6-4-3-5-7-12;/h3-7,17H,1,8-10H2,2H3,(H3,14,15,16);1H. The SMILES string of the molecule is C=C(C)CN=C(N)NCCNS(=O)(=O)c1ccccc1.I. The lowest BCUT2D eigenvalue weighted by Crippen LogP contribution is -2.38. The van der Waals surface area contributed by atoms with E-state index in [0.29, 0.717) is 13.1 Å². The van der Waals surface area contributed by atoms with Crippen molar-refractivity contribution in [1.82, 2.24) is 10.0 Å². The maximum absolute atomic E-state index is 11.9. The molecule has 1 aromatic carbocycles. The predicted molar refractivity (Wildman–Crippen MR) is 96.4 cm³/mol. The van der Waals surface area contributed by atoms with E-state index in [1.165, 1.54) is 0 Å². The molecule has 0 aliphatic carbocycles. The third-order valence-electron chi connectivity index (χ3n) is 2.30. The molecule has 0 spiro atoms. The van der Waals surface area contributed by atoms with Gasteiger partial charge in [0.2, 0.25) is 10.0 Å². The molecule has 0 saturated carbocycles. The summed E-state index contributed by atoms with van der Waals surface area (Å²) in [6.07, 6.45) is 0. The third-order valence-corrected chi connectivity index (χ3v) is 3.77. The van der Waals surface area contributed by atoms with Crippen LogP contribution in [0.5, 0.6) is 0 Å². The first-order valence-electron chi connectivity index (χ1n) is 6.14. The van der Waals surface area contributed by atoms with Crippen LogP contribution in [0.2, 0.25) is 0 Å². The Kier molecular flexibility index (Phi) is 9.22. The van der Waals surface area contributed by atoms with E-state index >= 15 is 0 Å². The molecule has 8 heteroatoms. The topological polar surface area (TPSA) is 96.6 Å². The van der Waals surface area contributed by atoms with Crippen molar-refractivity contribution in [2.24, 2.45) is 10.7 Å². The number of guanidine groups is 1. The van der Waals surface area contributed by atoms with Gasteiger partial charge < -0.3 is 11.1 Å². The van der Waals surface area contributed by atoms with E-state index in [1.807, 2.05) is 6.92 Å². The Morgan fingerprint density at radius 1 is 1.29 bits per heavy atom. The number of nitrogens with two attached hydrogens (primary N) is 1. The minimum Gasteiger partial charge on any atom is -0.370 e. The van der Waals surface area contributed by atoms with Crippen molar-refractivity contribution in [1.29, 1.82) is 0 Å². The number of aliphatic imine (C=N–C) groups is 1. The molecule has 0 bridgehead atoms. The van der Waals surface area contributed by atoms with Crippen LogP contribution in [0.25, 0.3) is 0 Å². The monoisotopic (exact) mass is 424 g/mol. The molecule has 6 nitrogen and oxygen atoms in total. The molecule has 0 aromatic heterocycles. The smallest absolute Gasteiger partial charge is 0.240 e. The largest absolute Gasteiger partial charge is 0.370 e. The fourth-order valence-corrected chi connectivity index (χ4v) is 2.39. The van der Waals surface area contributed by atoms with Crippen LogP contribution in [-0.2, 0) is 10.0 Å². The molecule has 0 aliphatic heterocycles. The minimum atomic E-state index is -3.47. The number of nitrogens with one attached hydrogen (secondary N) is 2. The van der Waals surface area contributed by atoms with Crippen LogP contribution in [-0.4, -0.2) is 34.0 Å². The molecule has 4 N–H and O–H groups in total. The average Bonchev–Trinajstić information content (AvgIpc) is 2.42. The molecular weight excluding hydrogens is 403 g/mol. The third kappa shape index (κ3) is 8.02. The van der Waals surface area contributed by atoms with Crippen molar-refractivity contribution in [2.45, 2.75) is 11.8 Å². The zero-order valence-electron chi connectivity index (χ0n) is 11.9. The van der Waals surface area contributed by atoms with Crippen molar-refractivity contribution in [3.63, 3.8) is 0 Å². The minimum absolute atomic E-state index is 0. The Morgan fingerprint density at radius 2 is 1.90 bits per heavy atom. The number of nitrogens with zero attached hydrogens (tertiary/aromatic N) is 1. The number of halogens is 1. The molecule has 1 rings (SSSR count). The molecule has 0 amide bonds. The van der Waals surface area contributed by atoms with Crippen LogP contribution in [0.4, 0.5) is 0 Å². The van der Waals surface area contributed by atoms with Gasteiger partial charge in [0.1, 0.15) is 0 Å². The average molecular weight is 424 g/mol. The molecular formula is C13H21IN4O2S. The molecule has 21 heavy (non-hydrogen) atoms. The van der Waals surface area contributed by atoms with Crippen molar-refractivity contribution in [3.05, 3.63) is 42.5 Å². The van der Waals surface area contributed by atoms with Crippen LogP contribution in [0.3, 0.4) is 0 Å². The van der Waals surface area contributed by atoms with E-state index in [4.69, 9.17) is 5.73 Å². The first kappa shape index (κ1) is 19.9. The normalized spacial score (nSPS) is 11.6. The van der Waals surface area contributed by atoms with Gasteiger partial charge in [-0.2, -0.15) is 0 Å². The van der Waals surface area contributed by atoms with E-state index in [2.05, 4.69) is 21.6 Å². The molecule has 0 saturated heterocycles. The lowest BCUT2D eigenvalue weighted by atomic mass is 10.4. The van der Waals surface area contributed by atoms with Gasteiger partial charge in [-0.05, 0) is 19.1 Å². The summed E-state index contributed by atoms with van der Waals surface area (Å²) in [5, 5.41) is 2.82. The lowest BCUT2D eigenvalue weighted by Gasteiger charge is -2.08. The summed E-state index contributed by atoms with van der Waals surface area (Å²) in [7, 11) is -3.47. The molecule has 0 fully saturated rings. The van der Waals surface area contributed by atoms with Crippen LogP contribution >= 0.6 is 24.0 Å². The van der Waals surface area contributed by atoms with E-state index in [9.17, 15) is 8.42 Å². The second-order valence-corrected chi connectivity index (χ2v) is 6.06. The Bertz CT molecular complexity index is 573. The molecule has 0 heterocycles. The number of benzene rings is 1. The summed E-state index contributed by atoms with van der Waals surface area (Å²) in [5.41, 5.74) is 6.51. The zero-order valence-corrected chi connectivity index (χ0v) is 15.0. The Morgan fingerprint density at radius 3 is 2.48 bits per heavy atom. The maximum atomic E-state index is 11.9. The molecule has 0 atom stereocenters. The number of hydrogen-bond acceptors (Lipinski definition) is 3. The Hall–Kier alpha value is -1.13. The van der Waals surface area contributed by atoms with Crippen molar-refractivity contribution >= 4 is 40.0 Å². The highest BCUT2D eigenvalue weighted by Crippen LogP contribution is 2.06. The highest BCUT2D eigenvalue weighted by atomic mass is 127. The van der Waals surface area contributed by atoms with Crippen molar-refractivity contribution < 1.29 is 8.42 Å². The predicted octanol–water partition coefficient (Wildman–Crippen LogP) is 1.06. The van der Waals surface area contributed by atoms with Crippen molar-refractivity contribution in [2.75, 3.05) is 19.6 Å². The fourth-order valence-electron chi connectivity index (χ4n) is 1.33. The number of hydrogen-bond donors (Lipinski definition) is 3. The van der Waals surface area contributed by atoms with Gasteiger partial charge in [-0.15, -0.1) is 24.0 Å². The summed E-state index contributed by atoms with van der Waals surface area (Å²) in [6.45, 7) is 6.59. The Balaban J connectivity index is 0.00000400. The van der Waals surface area contributed by atoms with Gasteiger partial charge >= 0.3 is 0 Å². The van der Waals surface area contributed by atoms with Crippen LogP contribution in [0.15, 0.2) is 52.4 Å². The summed E-state index contributed by atoms with van der Waals surface area (Å²) in [5.74, 6) is 0.270. The highest BCUT2D eigenvalue weighted by molar-refractivity contribution is 14.0. The molecule has 0 radical (unpaired) electrons. The van der Waals surface area contributed by atoms with Crippen LogP contribution < -0.4 is 15.8 Å². The Labute approximate surface area is 143 Å². The van der Waals surface area contributed by atoms with E-state index < -0.39 is 10.0 Å². The van der Waals surface area contributed by atoms with Crippen molar-refractivity contribution in [3.8, 4) is 0 Å². The van der Waals surface area contributed by atoms with Gasteiger partial charge in [-0.1, -0.05) is 30.4 Å². The lowest BCUT2D eigenvalue weighted by molar-refractivity contribution is 0.581. The van der Waals surface area contributed by atoms with Gasteiger partial charge in [0.25, 0.3) is 0 Å². The summed E-state index contributed by atoms with van der Waals surface area (Å²) in [6, 6.07) is 8.19. The maximum Gasteiger partial charge on any atom is 0.240 e. The highest BCUT2D eigenvalue weighted by Gasteiger charge is 2.11. The fraction of sp³-hybridized carbons (Fsp3) is 0.308. The number of rotatable bonds is 7. The molecule has 0 unspecified atom stereocenters. The molecule has 1 aromatic rings. The molecule has 0 aliphatic rings. The molecule has 118 valence electrons. The summed E-state index contributed by atoms with van der Waals surface area (Å²) in [4.78, 5) is 4.26. The van der Waals surface area contributed by atoms with E-state index in [1.54, 1.807) is 30.3 Å². The van der Waals surface area contributed by atoms with Gasteiger partial charge in [-0.3, -0.25) is 0 Å². The van der Waals surface area contributed by atoms with E-state index in [-0.39, 0.29) is 41.4 Å². The first-order valence-corrected chi connectivity index (χ1v) is 7.63. The van der Waals surface area contributed by atoms with Crippen LogP contribution in [0.1, 0.15) is 6.92 Å².